The molecule has 39 heavy (non-hydrogen) atoms. The molecule has 214 valence electrons. The smallest absolute Gasteiger partial charge is 0.387 e. The lowest BCUT2D eigenvalue weighted by molar-refractivity contribution is -0.0695. The minimum Gasteiger partial charge on any atom is -0.387 e. The Morgan fingerprint density at radius 3 is 2.41 bits per heavy atom. The van der Waals surface area contributed by atoms with Gasteiger partial charge < -0.3 is 39.9 Å². The maximum Gasteiger partial charge on any atom is 0.490 e. The zero-order chi connectivity index (χ0) is 28.4. The van der Waals surface area contributed by atoms with Crippen LogP contribution in [0.4, 0.5) is 5.82 Å². The highest BCUT2D eigenvalue weighted by Crippen LogP contribution is 2.66. The zero-order valence-corrected chi connectivity index (χ0v) is 22.4. The van der Waals surface area contributed by atoms with Crippen LogP contribution in [0.3, 0.4) is 0 Å². The molecule has 1 saturated heterocycles. The number of imidazole rings is 1. The highest BCUT2D eigenvalue weighted by atomic mass is 31.3. The van der Waals surface area contributed by atoms with Gasteiger partial charge in [0.25, 0.3) is 0 Å². The molecule has 2 unspecified atom stereocenters. The average Bonchev–Trinajstić information content (AvgIpc) is 3.38. The van der Waals surface area contributed by atoms with Crippen LogP contribution in [0.1, 0.15) is 11.8 Å². The molecular weight excluding hydrogens is 587 g/mol. The number of benzene rings is 1. The summed E-state index contributed by atoms with van der Waals surface area (Å²) in [5.74, 6) is 0.0862. The summed E-state index contributed by atoms with van der Waals surface area (Å²) in [7, 11) is -16.7. The second-order valence-corrected chi connectivity index (χ2v) is 12.5. The van der Waals surface area contributed by atoms with E-state index in [1.54, 1.807) is 0 Å². The number of nitrogen functional groups attached to an aromatic ring is 1. The van der Waals surface area contributed by atoms with Crippen LogP contribution in [0.25, 0.3) is 11.2 Å². The van der Waals surface area contributed by atoms with E-state index in [0.717, 1.165) is 5.56 Å². The predicted octanol–water partition coefficient (Wildman–Crippen LogP) is 0.638. The SMILES string of the molecule is Nc1ncnc2c1ncn2[C@H]1O[C@H](COP(=O)(O)OP(=O)(O)OP(=O)(O)O)[C@@H](O)[C@H]1OCCc1ccccc1. The number of anilines is 1. The summed E-state index contributed by atoms with van der Waals surface area (Å²) in [5, 5.41) is 11.0. The van der Waals surface area contributed by atoms with Crippen LogP contribution in [0.15, 0.2) is 43.0 Å². The molecule has 0 saturated carbocycles. The summed E-state index contributed by atoms with van der Waals surface area (Å²) in [6.45, 7) is -0.748. The number of aliphatic hydroxyl groups is 1. The van der Waals surface area contributed by atoms with Gasteiger partial charge in [0.1, 0.15) is 30.2 Å². The first-order valence-electron chi connectivity index (χ1n) is 10.9. The summed E-state index contributed by atoms with van der Waals surface area (Å²) >= 11 is 0. The first-order valence-corrected chi connectivity index (χ1v) is 15.5. The summed E-state index contributed by atoms with van der Waals surface area (Å²) in [6, 6.07) is 9.33. The third kappa shape index (κ3) is 7.74. The van der Waals surface area contributed by atoms with Crippen LogP contribution in [0, 0.1) is 0 Å². The van der Waals surface area contributed by atoms with Gasteiger partial charge in [-0.25, -0.2) is 28.6 Å². The topological polar surface area (TPSA) is 268 Å². The van der Waals surface area contributed by atoms with Gasteiger partial charge in [-0.2, -0.15) is 8.62 Å². The molecule has 0 bridgehead atoms. The fourth-order valence-electron chi connectivity index (χ4n) is 3.74. The minimum absolute atomic E-state index is 0.0862. The Bertz CT molecular complexity index is 1440. The quantitative estimate of drug-likeness (QED) is 0.153. The summed E-state index contributed by atoms with van der Waals surface area (Å²) in [6.07, 6.45) is -2.03. The number of rotatable bonds is 12. The standard InChI is InChI=1S/C18H24N5O13P3/c19-16-13-17(21-9-20-16)23(10-22-13)18-15(32-7-6-11-4-2-1-3-5-11)14(24)12(34-18)8-33-38(28,29)36-39(30,31)35-37(25,26)27/h1-5,9-10,12,14-15,18,24H,6-8H2,(H,28,29)(H,30,31)(H2,19,20,21)(H2,25,26,27)/t12-,14-,15-,18+/m1/s1. The normalized spacial score (nSPS) is 24.9. The lowest BCUT2D eigenvalue weighted by Gasteiger charge is -2.22. The van der Waals surface area contributed by atoms with Crippen molar-refractivity contribution in [1.82, 2.24) is 19.5 Å². The van der Waals surface area contributed by atoms with Crippen LogP contribution >= 0.6 is 23.5 Å². The molecule has 0 amide bonds. The van der Waals surface area contributed by atoms with Gasteiger partial charge in [-0.05, 0) is 12.0 Å². The van der Waals surface area contributed by atoms with Gasteiger partial charge in [0, 0.05) is 0 Å². The summed E-state index contributed by atoms with van der Waals surface area (Å²) in [5.41, 5.74) is 7.29. The van der Waals surface area contributed by atoms with Gasteiger partial charge >= 0.3 is 23.5 Å². The van der Waals surface area contributed by atoms with E-state index < -0.39 is 54.6 Å². The molecule has 4 rings (SSSR count). The van der Waals surface area contributed by atoms with E-state index in [4.69, 9.17) is 25.0 Å². The van der Waals surface area contributed by atoms with Gasteiger partial charge in [0.05, 0.1) is 19.5 Å². The Hall–Kier alpha value is -2.14. The number of hydrogen-bond donors (Lipinski definition) is 6. The highest BCUT2D eigenvalue weighted by molar-refractivity contribution is 7.66. The molecule has 3 heterocycles. The molecule has 21 heteroatoms. The van der Waals surface area contributed by atoms with Crippen molar-refractivity contribution in [1.29, 1.82) is 0 Å². The molecule has 1 fully saturated rings. The van der Waals surface area contributed by atoms with Gasteiger partial charge in [0.15, 0.2) is 17.7 Å². The number of phosphoric acid groups is 3. The Balaban J connectivity index is 1.50. The van der Waals surface area contributed by atoms with Gasteiger partial charge in [-0.3, -0.25) is 9.09 Å². The number of ether oxygens (including phenoxy) is 2. The van der Waals surface area contributed by atoms with Crippen molar-refractivity contribution in [3.63, 3.8) is 0 Å². The molecule has 3 aromatic rings. The largest absolute Gasteiger partial charge is 0.490 e. The third-order valence-electron chi connectivity index (χ3n) is 5.34. The molecule has 0 radical (unpaired) electrons. The lowest BCUT2D eigenvalue weighted by Crippen LogP contribution is -2.36. The van der Waals surface area contributed by atoms with Crippen LogP contribution in [0.2, 0.25) is 0 Å². The average molecular weight is 611 g/mol. The molecule has 0 spiro atoms. The fourth-order valence-corrected chi connectivity index (χ4v) is 6.77. The first kappa shape index (κ1) is 29.8. The van der Waals surface area contributed by atoms with Crippen molar-refractivity contribution in [2.24, 2.45) is 0 Å². The van der Waals surface area contributed by atoms with Crippen LogP contribution in [-0.4, -0.2) is 75.7 Å². The van der Waals surface area contributed by atoms with Gasteiger partial charge in [-0.1, -0.05) is 30.3 Å². The molecule has 18 nitrogen and oxygen atoms in total. The van der Waals surface area contributed by atoms with Crippen molar-refractivity contribution >= 4 is 40.4 Å². The van der Waals surface area contributed by atoms with Crippen LogP contribution in [-0.2, 0) is 42.7 Å². The molecule has 2 aromatic heterocycles. The number of nitrogens with zero attached hydrogens (tertiary/aromatic N) is 4. The van der Waals surface area contributed by atoms with E-state index in [1.807, 2.05) is 30.3 Å². The molecule has 7 N–H and O–H groups in total. The van der Waals surface area contributed by atoms with Crippen molar-refractivity contribution < 1.29 is 61.0 Å². The zero-order valence-electron chi connectivity index (χ0n) is 19.7. The van der Waals surface area contributed by atoms with Crippen LogP contribution < -0.4 is 5.73 Å². The first-order chi connectivity index (χ1) is 18.2. The number of fused-ring (bicyclic) bond motifs is 1. The lowest BCUT2D eigenvalue weighted by atomic mass is 10.1. The summed E-state index contributed by atoms with van der Waals surface area (Å²) < 4.78 is 59.7. The van der Waals surface area contributed by atoms with Gasteiger partial charge in [0.2, 0.25) is 0 Å². The second kappa shape index (κ2) is 11.8. The fraction of sp³-hybridized carbons (Fsp3) is 0.389. The van der Waals surface area contributed by atoms with Crippen molar-refractivity contribution in [2.75, 3.05) is 18.9 Å². The Kier molecular flexibility index (Phi) is 9.00. The molecular formula is C18H24N5O13P3. The molecule has 1 aliphatic rings. The van der Waals surface area contributed by atoms with E-state index in [9.17, 15) is 28.6 Å². The van der Waals surface area contributed by atoms with Crippen molar-refractivity contribution in [3.05, 3.63) is 48.5 Å². The highest BCUT2D eigenvalue weighted by Gasteiger charge is 2.48. The number of aliphatic hydroxyl groups excluding tert-OH is 1. The van der Waals surface area contributed by atoms with Crippen molar-refractivity contribution in [2.45, 2.75) is 31.0 Å². The third-order valence-corrected chi connectivity index (χ3v) is 9.14. The number of phosphoric ester groups is 1. The number of nitrogens with two attached hydrogens (primary N) is 1. The Morgan fingerprint density at radius 1 is 1.00 bits per heavy atom. The Morgan fingerprint density at radius 2 is 1.72 bits per heavy atom. The number of aromatic nitrogens is 4. The van der Waals surface area contributed by atoms with E-state index in [0.29, 0.717) is 6.42 Å². The van der Waals surface area contributed by atoms with E-state index in [1.165, 1.54) is 17.2 Å². The minimum atomic E-state index is -5.72. The monoisotopic (exact) mass is 611 g/mol. The molecule has 1 aromatic carbocycles. The predicted molar refractivity (Wildman–Crippen MR) is 129 cm³/mol. The van der Waals surface area contributed by atoms with Gasteiger partial charge in [-0.15, -0.1) is 0 Å². The Labute approximate surface area is 219 Å². The molecule has 1 aliphatic heterocycles. The maximum atomic E-state index is 12.1. The second-order valence-electron chi connectivity index (χ2n) is 8.10. The van der Waals surface area contributed by atoms with E-state index >= 15 is 0 Å². The molecule has 0 aliphatic carbocycles. The molecule has 6 atom stereocenters. The summed E-state index contributed by atoms with van der Waals surface area (Å²) in [4.78, 5) is 48.5. The van der Waals surface area contributed by atoms with E-state index in [-0.39, 0.29) is 23.6 Å². The van der Waals surface area contributed by atoms with Crippen LogP contribution in [0.5, 0.6) is 0 Å². The van der Waals surface area contributed by atoms with Crippen molar-refractivity contribution in [3.8, 4) is 0 Å². The maximum absolute atomic E-state index is 12.1. The van der Waals surface area contributed by atoms with E-state index in [2.05, 4.69) is 28.1 Å². The number of hydrogen-bond acceptors (Lipinski definition) is 13.